The Morgan fingerprint density at radius 1 is 1.06 bits per heavy atom. The molecule has 0 spiro atoms. The van der Waals surface area contributed by atoms with Crippen molar-refractivity contribution in [3.8, 4) is 28.7 Å². The number of aryl methyl sites for hydroxylation is 2. The molecule has 2 aromatic carbocycles. The number of nitriles is 1. The van der Waals surface area contributed by atoms with Gasteiger partial charge in [0.25, 0.3) is 5.89 Å². The highest BCUT2D eigenvalue weighted by Crippen LogP contribution is 2.48. The van der Waals surface area contributed by atoms with Gasteiger partial charge in [-0.2, -0.15) is 5.26 Å². The van der Waals surface area contributed by atoms with Gasteiger partial charge < -0.3 is 8.83 Å². The molecule has 4 aromatic heterocycles. The van der Waals surface area contributed by atoms with Crippen molar-refractivity contribution in [3.05, 3.63) is 116 Å². The first-order valence-electron chi connectivity index (χ1n) is 15.1. The lowest BCUT2D eigenvalue weighted by Gasteiger charge is -2.19. The standard InChI is InChI=1S/C34H27FN6O6S/c1-18(2)24-17-48(44,45)31-28(21-7-12-26-27(13-21)46-34(43)41(26)16-23-10-5-20(14-36)15-37-23)29(32-39-40-33(42)47-32)25(38-30(24)31)11-6-19-3-8-22(35)9-4-19/h3-5,7-10,12-13,15,18,24H,6,11,16-17H2,1-2H3,(H,40,42). The highest BCUT2D eigenvalue weighted by molar-refractivity contribution is 7.92. The van der Waals surface area contributed by atoms with Crippen molar-refractivity contribution in [1.29, 1.82) is 5.26 Å². The van der Waals surface area contributed by atoms with Crippen LogP contribution in [0.5, 0.6) is 0 Å². The molecule has 1 aliphatic rings. The van der Waals surface area contributed by atoms with Crippen LogP contribution in [-0.2, 0) is 29.2 Å². The van der Waals surface area contributed by atoms with E-state index in [0.717, 1.165) is 5.56 Å². The summed E-state index contributed by atoms with van der Waals surface area (Å²) in [6.07, 6.45) is 2.12. The molecule has 0 aliphatic carbocycles. The first-order valence-corrected chi connectivity index (χ1v) is 16.8. The van der Waals surface area contributed by atoms with E-state index in [1.807, 2.05) is 19.9 Å². The summed E-state index contributed by atoms with van der Waals surface area (Å²) < 4.78 is 54.0. The normalized spacial score (nSPS) is 15.2. The predicted octanol–water partition coefficient (Wildman–Crippen LogP) is 4.77. The summed E-state index contributed by atoms with van der Waals surface area (Å²) in [5.74, 6) is -2.63. The Bertz CT molecular complexity index is 2470. The molecule has 7 rings (SSSR count). The summed E-state index contributed by atoms with van der Waals surface area (Å²) in [6, 6.07) is 16.2. The van der Waals surface area contributed by atoms with E-state index in [4.69, 9.17) is 19.1 Å². The van der Waals surface area contributed by atoms with E-state index in [9.17, 15) is 22.4 Å². The van der Waals surface area contributed by atoms with Crippen molar-refractivity contribution in [2.45, 2.75) is 44.0 Å². The van der Waals surface area contributed by atoms with Gasteiger partial charge in [-0.05, 0) is 66.3 Å². The molecule has 1 atom stereocenters. The number of rotatable bonds is 8. The second-order valence-corrected chi connectivity index (χ2v) is 14.0. The summed E-state index contributed by atoms with van der Waals surface area (Å²) >= 11 is 0. The molecule has 0 fully saturated rings. The van der Waals surface area contributed by atoms with Crippen LogP contribution in [0.15, 0.2) is 84.1 Å². The van der Waals surface area contributed by atoms with Gasteiger partial charge in [-0.25, -0.2) is 27.5 Å². The third-order valence-corrected chi connectivity index (χ3v) is 10.4. The molecule has 0 saturated heterocycles. The molecule has 6 aromatic rings. The number of aromatic amines is 1. The van der Waals surface area contributed by atoms with Crippen LogP contribution >= 0.6 is 0 Å². The van der Waals surface area contributed by atoms with Crippen LogP contribution in [0, 0.1) is 23.1 Å². The molecule has 12 nitrogen and oxygen atoms in total. The quantitative estimate of drug-likeness (QED) is 0.238. The number of halogens is 1. The van der Waals surface area contributed by atoms with Gasteiger partial charge in [0.2, 0.25) is 0 Å². The minimum atomic E-state index is -3.88. The maximum atomic E-state index is 13.9. The van der Waals surface area contributed by atoms with Gasteiger partial charge in [-0.3, -0.25) is 14.5 Å². The number of sulfone groups is 1. The number of benzene rings is 2. The van der Waals surface area contributed by atoms with Gasteiger partial charge in [-0.1, -0.05) is 32.0 Å². The molecule has 14 heteroatoms. The first kappa shape index (κ1) is 30.9. The van der Waals surface area contributed by atoms with Crippen molar-refractivity contribution >= 4 is 20.9 Å². The van der Waals surface area contributed by atoms with Crippen LogP contribution in [-0.4, -0.2) is 38.9 Å². The molecule has 1 unspecified atom stereocenters. The summed E-state index contributed by atoms with van der Waals surface area (Å²) in [4.78, 5) is 34.4. The van der Waals surface area contributed by atoms with Gasteiger partial charge in [0, 0.05) is 17.7 Å². The van der Waals surface area contributed by atoms with E-state index >= 15 is 0 Å². The number of oxazole rings is 1. The second-order valence-electron chi connectivity index (χ2n) is 12.0. The Balaban J connectivity index is 1.44. The van der Waals surface area contributed by atoms with Crippen LogP contribution in [0.2, 0.25) is 0 Å². The van der Waals surface area contributed by atoms with Crippen molar-refractivity contribution < 1.29 is 21.6 Å². The molecular formula is C34H27FN6O6S. The summed E-state index contributed by atoms with van der Waals surface area (Å²) in [5, 5.41) is 15.4. The molecule has 0 radical (unpaired) electrons. The van der Waals surface area contributed by atoms with E-state index in [0.29, 0.717) is 40.1 Å². The third-order valence-electron chi connectivity index (χ3n) is 8.57. The molecular weight excluding hydrogens is 639 g/mol. The lowest BCUT2D eigenvalue weighted by atomic mass is 9.89. The van der Waals surface area contributed by atoms with Crippen molar-refractivity contribution in [2.75, 3.05) is 5.75 Å². The van der Waals surface area contributed by atoms with Crippen LogP contribution in [0.4, 0.5) is 4.39 Å². The maximum absolute atomic E-state index is 13.9. The van der Waals surface area contributed by atoms with E-state index < -0.39 is 27.3 Å². The Kier molecular flexibility index (Phi) is 7.63. The van der Waals surface area contributed by atoms with E-state index in [-0.39, 0.29) is 57.9 Å². The fraction of sp³-hybridized carbons (Fsp3) is 0.235. The Hall–Kier alpha value is -5.68. The molecule has 0 saturated carbocycles. The number of fused-ring (bicyclic) bond motifs is 2. The van der Waals surface area contributed by atoms with Crippen LogP contribution in [0.3, 0.4) is 0 Å². The Morgan fingerprint density at radius 3 is 2.52 bits per heavy atom. The predicted molar refractivity (Wildman–Crippen MR) is 171 cm³/mol. The Labute approximate surface area is 272 Å². The monoisotopic (exact) mass is 666 g/mol. The number of pyridine rings is 2. The van der Waals surface area contributed by atoms with Crippen LogP contribution in [0.1, 0.15) is 48.0 Å². The highest BCUT2D eigenvalue weighted by Gasteiger charge is 2.42. The Morgan fingerprint density at radius 2 is 1.85 bits per heavy atom. The average molecular weight is 667 g/mol. The minimum absolute atomic E-state index is 0.00953. The van der Waals surface area contributed by atoms with Gasteiger partial charge in [0.1, 0.15) is 11.9 Å². The fourth-order valence-electron chi connectivity index (χ4n) is 6.17. The summed E-state index contributed by atoms with van der Waals surface area (Å²) in [6.45, 7) is 3.94. The molecule has 1 aliphatic heterocycles. The van der Waals surface area contributed by atoms with E-state index in [1.54, 1.807) is 42.5 Å². The number of hydrogen-bond acceptors (Lipinski definition) is 10. The number of aromatic nitrogens is 5. The average Bonchev–Trinajstić information content (AvgIpc) is 3.72. The van der Waals surface area contributed by atoms with Crippen molar-refractivity contribution in [1.82, 2.24) is 24.7 Å². The highest BCUT2D eigenvalue weighted by atomic mass is 32.2. The van der Waals surface area contributed by atoms with E-state index in [1.165, 1.54) is 22.9 Å². The number of hydrogen-bond donors (Lipinski definition) is 1. The first-order chi connectivity index (χ1) is 23.0. The van der Waals surface area contributed by atoms with E-state index in [2.05, 4.69) is 15.2 Å². The number of nitrogens with zero attached hydrogens (tertiary/aromatic N) is 5. The van der Waals surface area contributed by atoms with Gasteiger partial charge in [0.05, 0.1) is 50.9 Å². The van der Waals surface area contributed by atoms with Crippen LogP contribution in [0.25, 0.3) is 33.7 Å². The maximum Gasteiger partial charge on any atom is 0.434 e. The smallest absolute Gasteiger partial charge is 0.408 e. The van der Waals surface area contributed by atoms with Crippen LogP contribution < -0.4 is 11.5 Å². The zero-order valence-electron chi connectivity index (χ0n) is 25.7. The minimum Gasteiger partial charge on any atom is -0.408 e. The molecule has 0 amide bonds. The molecule has 5 heterocycles. The number of nitrogens with one attached hydrogen (secondary N) is 1. The molecule has 48 heavy (non-hydrogen) atoms. The van der Waals surface area contributed by atoms with Gasteiger partial charge >= 0.3 is 11.5 Å². The van der Waals surface area contributed by atoms with Gasteiger partial charge in [0.15, 0.2) is 15.4 Å². The molecule has 0 bridgehead atoms. The topological polar surface area (TPSA) is 178 Å². The number of H-pyrrole nitrogens is 1. The van der Waals surface area contributed by atoms with Crippen molar-refractivity contribution in [2.24, 2.45) is 5.92 Å². The zero-order valence-corrected chi connectivity index (χ0v) is 26.5. The second kappa shape index (κ2) is 11.8. The lowest BCUT2D eigenvalue weighted by molar-refractivity contribution is 0.516. The van der Waals surface area contributed by atoms with Crippen molar-refractivity contribution in [3.63, 3.8) is 0 Å². The largest absolute Gasteiger partial charge is 0.434 e. The SMILES string of the molecule is CC(C)C1CS(=O)(=O)c2c1nc(CCc1ccc(F)cc1)c(-c1n[nH]c(=O)o1)c2-c1ccc2c(c1)oc(=O)n2Cc1ccc(C#N)cn1. The molecule has 242 valence electrons. The third kappa shape index (κ3) is 5.51. The zero-order chi connectivity index (χ0) is 33.7. The fourth-order valence-corrected chi connectivity index (χ4v) is 8.39. The van der Waals surface area contributed by atoms with Gasteiger partial charge in [-0.15, -0.1) is 5.10 Å². The molecule has 1 N–H and O–H groups in total. The summed E-state index contributed by atoms with van der Waals surface area (Å²) in [5.41, 5.74) is 4.04. The summed E-state index contributed by atoms with van der Waals surface area (Å²) in [7, 11) is -3.88. The lowest BCUT2D eigenvalue weighted by Crippen LogP contribution is -2.15.